The molecule has 0 spiro atoms. The molecular weight excluding hydrogens is 286 g/mol. The molecule has 2 atom stereocenters. The molecule has 1 aliphatic carbocycles. The summed E-state index contributed by atoms with van der Waals surface area (Å²) in [7, 11) is 0. The number of hydrogen-bond acceptors (Lipinski definition) is 4. The summed E-state index contributed by atoms with van der Waals surface area (Å²) in [6, 6.07) is 0. The molecule has 0 aliphatic heterocycles. The van der Waals surface area contributed by atoms with Gasteiger partial charge in [0, 0.05) is 24.6 Å². The van der Waals surface area contributed by atoms with Gasteiger partial charge < -0.3 is 10.4 Å². The lowest BCUT2D eigenvalue weighted by Gasteiger charge is -2.30. The van der Waals surface area contributed by atoms with E-state index < -0.39 is 0 Å². The van der Waals surface area contributed by atoms with Gasteiger partial charge in [0.15, 0.2) is 0 Å². The molecule has 1 aromatic rings. The maximum atomic E-state index is 9.50. The van der Waals surface area contributed by atoms with Crippen molar-refractivity contribution in [2.24, 2.45) is 11.8 Å². The van der Waals surface area contributed by atoms with Gasteiger partial charge in [-0.15, -0.1) is 0 Å². The topological polar surface area (TPSA) is 58.0 Å². The number of nitrogens with zero attached hydrogens (tertiary/aromatic N) is 2. The first kappa shape index (κ1) is 16.5. The fourth-order valence-corrected chi connectivity index (χ4v) is 3.13. The zero-order valence-corrected chi connectivity index (χ0v) is 14.0. The van der Waals surface area contributed by atoms with Crippen molar-refractivity contribution in [2.45, 2.75) is 52.4 Å². The fraction of sp³-hybridized carbons (Fsp3) is 0.750. The molecule has 0 bridgehead atoms. The minimum Gasteiger partial charge on any atom is -0.396 e. The van der Waals surface area contributed by atoms with E-state index in [9.17, 15) is 5.11 Å². The molecule has 118 valence electrons. The Hall–Kier alpha value is -0.870. The first-order chi connectivity index (χ1) is 10.0. The molecule has 21 heavy (non-hydrogen) atoms. The van der Waals surface area contributed by atoms with Crippen LogP contribution in [0.15, 0.2) is 0 Å². The van der Waals surface area contributed by atoms with Crippen LogP contribution in [0.2, 0.25) is 5.15 Å². The van der Waals surface area contributed by atoms with Crippen LogP contribution in [0.5, 0.6) is 0 Å². The number of nitrogens with one attached hydrogen (secondary N) is 1. The van der Waals surface area contributed by atoms with Crippen LogP contribution in [-0.2, 0) is 0 Å². The molecular formula is C16H26ClN3O. The van der Waals surface area contributed by atoms with Gasteiger partial charge in [-0.05, 0) is 31.6 Å². The second-order valence-corrected chi connectivity index (χ2v) is 6.73. The van der Waals surface area contributed by atoms with Gasteiger partial charge in [-0.25, -0.2) is 9.97 Å². The van der Waals surface area contributed by atoms with E-state index in [1.807, 2.05) is 6.92 Å². The zero-order valence-electron chi connectivity index (χ0n) is 13.2. The van der Waals surface area contributed by atoms with Crippen molar-refractivity contribution in [1.29, 1.82) is 0 Å². The number of aliphatic hydroxyl groups is 1. The lowest BCUT2D eigenvalue weighted by Crippen LogP contribution is -2.29. The second-order valence-electron chi connectivity index (χ2n) is 6.37. The Labute approximate surface area is 132 Å². The standard InChI is InChI=1S/C16H26ClN3O/c1-10(2)15-19-14(17)11(3)16(20-15)18-8-12-6-4-5-7-13(12)9-21/h10,12-13,21H,4-9H2,1-3H3,(H,18,19,20). The highest BCUT2D eigenvalue weighted by Crippen LogP contribution is 2.30. The van der Waals surface area contributed by atoms with E-state index >= 15 is 0 Å². The van der Waals surface area contributed by atoms with Crippen molar-refractivity contribution >= 4 is 17.4 Å². The van der Waals surface area contributed by atoms with Crippen molar-refractivity contribution in [3.05, 3.63) is 16.5 Å². The van der Waals surface area contributed by atoms with Crippen molar-refractivity contribution < 1.29 is 5.11 Å². The Morgan fingerprint density at radius 1 is 1.24 bits per heavy atom. The summed E-state index contributed by atoms with van der Waals surface area (Å²) in [5.41, 5.74) is 0.900. The van der Waals surface area contributed by atoms with Crippen LogP contribution >= 0.6 is 11.6 Å². The molecule has 2 unspecified atom stereocenters. The lowest BCUT2D eigenvalue weighted by molar-refractivity contribution is 0.141. The Morgan fingerprint density at radius 2 is 1.90 bits per heavy atom. The monoisotopic (exact) mass is 311 g/mol. The number of anilines is 1. The third-order valence-corrected chi connectivity index (χ3v) is 4.82. The van der Waals surface area contributed by atoms with E-state index in [1.165, 1.54) is 19.3 Å². The summed E-state index contributed by atoms with van der Waals surface area (Å²) in [6.07, 6.45) is 4.79. The Bertz CT molecular complexity index is 479. The summed E-state index contributed by atoms with van der Waals surface area (Å²) >= 11 is 6.21. The average Bonchev–Trinajstić information content (AvgIpc) is 2.48. The van der Waals surface area contributed by atoms with Crippen molar-refractivity contribution in [1.82, 2.24) is 9.97 Å². The Balaban J connectivity index is 2.08. The van der Waals surface area contributed by atoms with Crippen LogP contribution in [0.25, 0.3) is 0 Å². The third-order valence-electron chi connectivity index (χ3n) is 4.45. The first-order valence-corrected chi connectivity index (χ1v) is 8.29. The average molecular weight is 312 g/mol. The van der Waals surface area contributed by atoms with E-state index in [0.717, 1.165) is 30.2 Å². The summed E-state index contributed by atoms with van der Waals surface area (Å²) < 4.78 is 0. The molecule has 5 heteroatoms. The summed E-state index contributed by atoms with van der Waals surface area (Å²) in [6.45, 7) is 7.20. The molecule has 1 aliphatic rings. The molecule has 2 rings (SSSR count). The lowest BCUT2D eigenvalue weighted by atomic mass is 9.79. The molecule has 0 aromatic carbocycles. The summed E-state index contributed by atoms with van der Waals surface area (Å²) in [5, 5.41) is 13.5. The van der Waals surface area contributed by atoms with E-state index in [-0.39, 0.29) is 12.5 Å². The normalized spacial score (nSPS) is 22.6. The van der Waals surface area contributed by atoms with E-state index in [0.29, 0.717) is 17.0 Å². The van der Waals surface area contributed by atoms with Crippen LogP contribution in [0.1, 0.15) is 56.8 Å². The molecule has 0 radical (unpaired) electrons. The SMILES string of the molecule is Cc1c(Cl)nc(C(C)C)nc1NCC1CCCCC1CO. The van der Waals surface area contributed by atoms with Gasteiger partial charge in [0.05, 0.1) is 0 Å². The van der Waals surface area contributed by atoms with E-state index in [1.54, 1.807) is 0 Å². The largest absolute Gasteiger partial charge is 0.396 e. The van der Waals surface area contributed by atoms with E-state index in [4.69, 9.17) is 11.6 Å². The molecule has 1 fully saturated rings. The van der Waals surface area contributed by atoms with Crippen molar-refractivity contribution in [2.75, 3.05) is 18.5 Å². The van der Waals surface area contributed by atoms with Gasteiger partial charge in [0.2, 0.25) is 0 Å². The number of halogens is 1. The quantitative estimate of drug-likeness (QED) is 0.813. The Kier molecular flexibility index (Phi) is 5.82. The van der Waals surface area contributed by atoms with Crippen LogP contribution in [-0.4, -0.2) is 28.2 Å². The predicted molar refractivity (Wildman–Crippen MR) is 86.9 cm³/mol. The van der Waals surface area contributed by atoms with Gasteiger partial charge in [-0.2, -0.15) is 0 Å². The van der Waals surface area contributed by atoms with E-state index in [2.05, 4.69) is 29.1 Å². The molecule has 0 amide bonds. The molecule has 2 N–H and O–H groups in total. The highest BCUT2D eigenvalue weighted by atomic mass is 35.5. The third kappa shape index (κ3) is 4.07. The minimum absolute atomic E-state index is 0.253. The second kappa shape index (κ2) is 7.41. The smallest absolute Gasteiger partial charge is 0.137 e. The molecule has 1 heterocycles. The molecule has 0 saturated heterocycles. The highest BCUT2D eigenvalue weighted by molar-refractivity contribution is 6.30. The number of rotatable bonds is 5. The first-order valence-electron chi connectivity index (χ1n) is 7.91. The van der Waals surface area contributed by atoms with Crippen LogP contribution in [0.3, 0.4) is 0 Å². The number of hydrogen-bond donors (Lipinski definition) is 2. The minimum atomic E-state index is 0.253. The van der Waals surface area contributed by atoms with Gasteiger partial charge in [0.25, 0.3) is 0 Å². The maximum Gasteiger partial charge on any atom is 0.137 e. The summed E-state index contributed by atoms with van der Waals surface area (Å²) in [5.74, 6) is 2.78. The van der Waals surface area contributed by atoms with Crippen molar-refractivity contribution in [3.63, 3.8) is 0 Å². The van der Waals surface area contributed by atoms with Gasteiger partial charge in [-0.1, -0.05) is 38.3 Å². The zero-order chi connectivity index (χ0) is 15.4. The van der Waals surface area contributed by atoms with Gasteiger partial charge in [0.1, 0.15) is 16.8 Å². The van der Waals surface area contributed by atoms with Crippen molar-refractivity contribution in [3.8, 4) is 0 Å². The predicted octanol–water partition coefficient (Wildman–Crippen LogP) is 3.77. The molecule has 4 nitrogen and oxygen atoms in total. The highest BCUT2D eigenvalue weighted by Gasteiger charge is 2.24. The fourth-order valence-electron chi connectivity index (χ4n) is 2.96. The number of aromatic nitrogens is 2. The molecule has 1 saturated carbocycles. The van der Waals surface area contributed by atoms with Gasteiger partial charge >= 0.3 is 0 Å². The van der Waals surface area contributed by atoms with Crippen LogP contribution in [0.4, 0.5) is 5.82 Å². The van der Waals surface area contributed by atoms with Crippen LogP contribution in [0, 0.1) is 18.8 Å². The number of aliphatic hydroxyl groups excluding tert-OH is 1. The maximum absolute atomic E-state index is 9.50. The Morgan fingerprint density at radius 3 is 2.52 bits per heavy atom. The van der Waals surface area contributed by atoms with Crippen LogP contribution < -0.4 is 5.32 Å². The molecule has 1 aromatic heterocycles. The summed E-state index contributed by atoms with van der Waals surface area (Å²) in [4.78, 5) is 8.93. The van der Waals surface area contributed by atoms with Gasteiger partial charge in [-0.3, -0.25) is 0 Å².